The topological polar surface area (TPSA) is 68.3 Å². The van der Waals surface area contributed by atoms with Crippen molar-refractivity contribution < 1.29 is 31.9 Å². The molecule has 1 aromatic heterocycles. The van der Waals surface area contributed by atoms with Gasteiger partial charge in [0.05, 0.1) is 7.11 Å². The van der Waals surface area contributed by atoms with Gasteiger partial charge in [-0.25, -0.2) is 14.2 Å². The molecule has 1 atom stereocenters. The Morgan fingerprint density at radius 3 is 2.65 bits per heavy atom. The van der Waals surface area contributed by atoms with Gasteiger partial charge in [-0.05, 0) is 17.7 Å². The molecule has 1 unspecified atom stereocenters. The number of hydrogen-bond acceptors (Lipinski definition) is 4. The first-order valence-corrected chi connectivity index (χ1v) is 5.27. The number of methoxy groups -OCH3 is 1. The molecule has 0 saturated heterocycles. The van der Waals surface area contributed by atoms with Gasteiger partial charge in [0.2, 0.25) is 0 Å². The third-order valence-corrected chi connectivity index (χ3v) is 2.20. The van der Waals surface area contributed by atoms with Gasteiger partial charge in [-0.1, -0.05) is 0 Å². The van der Waals surface area contributed by atoms with Crippen LogP contribution in [0.1, 0.15) is 16.1 Å². The number of hydrogen-bond donors (Lipinski definition) is 1. The monoisotopic (exact) mass is 294 g/mol. The Hall–Kier alpha value is -2.19. The molecule has 1 heterocycles. The van der Waals surface area contributed by atoms with Crippen LogP contribution >= 0.6 is 0 Å². The largest absolute Gasteiger partial charge is 0.464 e. The number of aromatic nitrogens is 1. The van der Waals surface area contributed by atoms with E-state index in [1.807, 2.05) is 0 Å². The number of alkyl halides is 4. The Morgan fingerprint density at radius 1 is 1.45 bits per heavy atom. The molecule has 9 heteroatoms. The van der Waals surface area contributed by atoms with Crippen molar-refractivity contribution in [2.45, 2.75) is 18.9 Å². The van der Waals surface area contributed by atoms with Gasteiger partial charge in [-0.3, -0.25) is 4.79 Å². The first-order valence-electron chi connectivity index (χ1n) is 5.27. The maximum atomic E-state index is 12.6. The molecular formula is C11H10F4N2O3. The minimum absolute atomic E-state index is 0.0770. The zero-order chi connectivity index (χ0) is 15.3. The molecule has 110 valence electrons. The van der Waals surface area contributed by atoms with Gasteiger partial charge in [-0.2, -0.15) is 13.2 Å². The Morgan fingerprint density at radius 2 is 2.10 bits per heavy atom. The fourth-order valence-electron chi connectivity index (χ4n) is 1.23. The van der Waals surface area contributed by atoms with Crippen molar-refractivity contribution in [1.82, 2.24) is 10.3 Å². The van der Waals surface area contributed by atoms with Gasteiger partial charge < -0.3 is 10.1 Å². The molecule has 1 N–H and O–H groups in total. The number of amides is 1. The fourth-order valence-corrected chi connectivity index (χ4v) is 1.23. The van der Waals surface area contributed by atoms with Crippen LogP contribution in [-0.2, 0) is 16.1 Å². The van der Waals surface area contributed by atoms with Crippen molar-refractivity contribution in [3.05, 3.63) is 29.6 Å². The summed E-state index contributed by atoms with van der Waals surface area (Å²) in [5.74, 6) is -2.54. The van der Waals surface area contributed by atoms with Crippen molar-refractivity contribution in [3.63, 3.8) is 0 Å². The third kappa shape index (κ3) is 4.18. The first-order chi connectivity index (χ1) is 9.25. The summed E-state index contributed by atoms with van der Waals surface area (Å²) in [4.78, 5) is 25.8. The van der Waals surface area contributed by atoms with Crippen LogP contribution in [0.2, 0.25) is 0 Å². The molecule has 5 nitrogen and oxygen atoms in total. The standard InChI is InChI=1S/C11H10F4N2O3/c1-20-10(19)7-4-6(2-3-16-7)5-17-9(18)8(12)11(13,14)15/h2-4,8H,5H2,1H3,(H,17,18). The average molecular weight is 294 g/mol. The summed E-state index contributed by atoms with van der Waals surface area (Å²) in [6.07, 6.45) is -7.63. The van der Waals surface area contributed by atoms with E-state index >= 15 is 0 Å². The van der Waals surface area contributed by atoms with E-state index in [1.54, 1.807) is 5.32 Å². The smallest absolute Gasteiger partial charge is 0.428 e. The number of carbonyl (C=O) groups excluding carboxylic acids is 2. The van der Waals surface area contributed by atoms with E-state index in [-0.39, 0.29) is 17.8 Å². The summed E-state index contributed by atoms with van der Waals surface area (Å²) in [6.45, 7) is -0.373. The second-order valence-corrected chi connectivity index (χ2v) is 3.66. The summed E-state index contributed by atoms with van der Waals surface area (Å²) in [5.41, 5.74) is 0.204. The average Bonchev–Trinajstić information content (AvgIpc) is 2.42. The molecule has 0 bridgehead atoms. The number of nitrogens with one attached hydrogen (secondary N) is 1. The lowest BCUT2D eigenvalue weighted by Crippen LogP contribution is -2.40. The normalized spacial score (nSPS) is 12.7. The molecular weight excluding hydrogens is 284 g/mol. The van der Waals surface area contributed by atoms with Crippen LogP contribution < -0.4 is 5.32 Å². The van der Waals surface area contributed by atoms with E-state index in [0.717, 1.165) is 7.11 Å². The SMILES string of the molecule is COC(=O)c1cc(CNC(=O)C(F)C(F)(F)F)ccn1. The predicted molar refractivity (Wildman–Crippen MR) is 58.4 cm³/mol. The zero-order valence-corrected chi connectivity index (χ0v) is 10.2. The molecule has 0 saturated carbocycles. The molecule has 1 amide bonds. The minimum Gasteiger partial charge on any atom is -0.464 e. The van der Waals surface area contributed by atoms with E-state index in [1.165, 1.54) is 18.3 Å². The van der Waals surface area contributed by atoms with Crippen molar-refractivity contribution in [2.24, 2.45) is 0 Å². The maximum absolute atomic E-state index is 12.6. The molecule has 1 aromatic rings. The molecule has 0 fully saturated rings. The summed E-state index contributed by atoms with van der Waals surface area (Å²) in [5, 5.41) is 1.78. The van der Waals surface area contributed by atoms with E-state index in [2.05, 4.69) is 9.72 Å². The van der Waals surface area contributed by atoms with E-state index in [0.29, 0.717) is 0 Å². The van der Waals surface area contributed by atoms with Crippen molar-refractivity contribution in [2.75, 3.05) is 7.11 Å². The van der Waals surface area contributed by atoms with Crippen molar-refractivity contribution in [3.8, 4) is 0 Å². The molecule has 0 aromatic carbocycles. The number of pyridine rings is 1. The zero-order valence-electron chi connectivity index (χ0n) is 10.2. The number of carbonyl (C=O) groups is 2. The second kappa shape index (κ2) is 6.31. The lowest BCUT2D eigenvalue weighted by Gasteiger charge is -2.12. The van der Waals surface area contributed by atoms with Gasteiger partial charge in [0.15, 0.2) is 0 Å². The number of rotatable bonds is 4. The van der Waals surface area contributed by atoms with E-state index in [4.69, 9.17) is 0 Å². The first kappa shape index (κ1) is 15.9. The molecule has 20 heavy (non-hydrogen) atoms. The highest BCUT2D eigenvalue weighted by molar-refractivity contribution is 5.87. The maximum Gasteiger partial charge on any atom is 0.428 e. The summed E-state index contributed by atoms with van der Waals surface area (Å²) in [6, 6.07) is 2.57. The predicted octanol–water partition coefficient (Wildman–Crippen LogP) is 1.38. The molecule has 0 spiro atoms. The van der Waals surface area contributed by atoms with E-state index < -0.39 is 24.2 Å². The fraction of sp³-hybridized carbons (Fsp3) is 0.364. The lowest BCUT2D eigenvalue weighted by atomic mass is 10.2. The second-order valence-electron chi connectivity index (χ2n) is 3.66. The summed E-state index contributed by atoms with van der Waals surface area (Å²) in [7, 11) is 1.13. The van der Waals surface area contributed by atoms with Gasteiger partial charge >= 0.3 is 12.1 Å². The Balaban J connectivity index is 2.67. The summed E-state index contributed by atoms with van der Waals surface area (Å²) < 4.78 is 52.8. The van der Waals surface area contributed by atoms with Crippen LogP contribution in [0.4, 0.5) is 17.6 Å². The van der Waals surface area contributed by atoms with Crippen molar-refractivity contribution >= 4 is 11.9 Å². The van der Waals surface area contributed by atoms with Crippen molar-refractivity contribution in [1.29, 1.82) is 0 Å². The third-order valence-electron chi connectivity index (χ3n) is 2.20. The van der Waals surface area contributed by atoms with Crippen LogP contribution in [0.15, 0.2) is 18.3 Å². The van der Waals surface area contributed by atoms with Crippen LogP contribution in [0, 0.1) is 0 Å². The van der Waals surface area contributed by atoms with Crippen LogP contribution in [0.3, 0.4) is 0 Å². The summed E-state index contributed by atoms with van der Waals surface area (Å²) >= 11 is 0. The highest BCUT2D eigenvalue weighted by Gasteiger charge is 2.45. The minimum atomic E-state index is -5.25. The molecule has 0 radical (unpaired) electrons. The van der Waals surface area contributed by atoms with Gasteiger partial charge in [-0.15, -0.1) is 0 Å². The molecule has 0 aliphatic heterocycles. The molecule has 1 rings (SSSR count). The van der Waals surface area contributed by atoms with Gasteiger partial charge in [0, 0.05) is 12.7 Å². The number of esters is 1. The number of halogens is 4. The highest BCUT2D eigenvalue weighted by atomic mass is 19.4. The quantitative estimate of drug-likeness (QED) is 0.673. The van der Waals surface area contributed by atoms with Crippen LogP contribution in [0.25, 0.3) is 0 Å². The highest BCUT2D eigenvalue weighted by Crippen LogP contribution is 2.22. The van der Waals surface area contributed by atoms with Gasteiger partial charge in [0.1, 0.15) is 5.69 Å². The van der Waals surface area contributed by atoms with Crippen LogP contribution in [-0.4, -0.2) is 36.3 Å². The Kier molecular flexibility index (Phi) is 5.00. The van der Waals surface area contributed by atoms with Gasteiger partial charge in [0.25, 0.3) is 12.1 Å². The molecule has 0 aliphatic rings. The molecule has 0 aliphatic carbocycles. The Bertz CT molecular complexity index is 505. The Labute approximate surface area is 110 Å². The number of nitrogens with zero attached hydrogens (tertiary/aromatic N) is 1. The van der Waals surface area contributed by atoms with Crippen LogP contribution in [0.5, 0.6) is 0 Å². The van der Waals surface area contributed by atoms with E-state index in [9.17, 15) is 27.2 Å². The lowest BCUT2D eigenvalue weighted by molar-refractivity contribution is -0.186. The number of ether oxygens (including phenoxy) is 1.